The summed E-state index contributed by atoms with van der Waals surface area (Å²) in [6.07, 6.45) is -2.69. The molecule has 1 fully saturated rings. The molecular weight excluding hydrogens is 405 g/mol. The Balaban J connectivity index is 1.62. The zero-order valence-electron chi connectivity index (χ0n) is 14.9. The molecule has 0 saturated heterocycles. The zero-order chi connectivity index (χ0) is 19.9. The molecule has 1 unspecified atom stereocenters. The number of thiophene rings is 1. The van der Waals surface area contributed by atoms with E-state index in [1.165, 1.54) is 17.4 Å². The summed E-state index contributed by atoms with van der Waals surface area (Å²) in [5.74, 6) is -0.231. The average Bonchev–Trinajstić information content (AvgIpc) is 3.15. The van der Waals surface area contributed by atoms with Crippen LogP contribution in [0.15, 0.2) is 46.5 Å². The Kier molecular flexibility index (Phi) is 5.01. The van der Waals surface area contributed by atoms with E-state index in [1.54, 1.807) is 34.6 Å². The van der Waals surface area contributed by atoms with Gasteiger partial charge in [0.1, 0.15) is 10.7 Å². The first-order valence-electron chi connectivity index (χ1n) is 8.82. The second-order valence-corrected chi connectivity index (χ2v) is 8.43. The van der Waals surface area contributed by atoms with Crippen LogP contribution in [0.25, 0.3) is 10.6 Å². The molecule has 2 aromatic heterocycles. The quantitative estimate of drug-likeness (QED) is 0.486. The van der Waals surface area contributed by atoms with Gasteiger partial charge in [-0.05, 0) is 48.9 Å². The SMILES string of the molecule is CC(c1cccc(C(F)(F)F)c1)N(C(=O)c1csc(-c2ccsc2)n1)C1CC1. The van der Waals surface area contributed by atoms with Crippen LogP contribution in [0, 0.1) is 0 Å². The van der Waals surface area contributed by atoms with Crippen LogP contribution in [0.4, 0.5) is 13.2 Å². The molecule has 1 amide bonds. The number of hydrogen-bond donors (Lipinski definition) is 0. The first-order chi connectivity index (χ1) is 13.3. The van der Waals surface area contributed by atoms with Gasteiger partial charge in [0, 0.05) is 22.4 Å². The van der Waals surface area contributed by atoms with Crippen LogP contribution in [0.2, 0.25) is 0 Å². The highest BCUT2D eigenvalue weighted by Crippen LogP contribution is 2.38. The topological polar surface area (TPSA) is 33.2 Å². The number of benzene rings is 1. The summed E-state index contributed by atoms with van der Waals surface area (Å²) in [4.78, 5) is 19.3. The first kappa shape index (κ1) is 19.1. The van der Waals surface area contributed by atoms with E-state index in [9.17, 15) is 18.0 Å². The van der Waals surface area contributed by atoms with Gasteiger partial charge in [0.2, 0.25) is 0 Å². The number of amides is 1. The molecule has 1 atom stereocenters. The highest BCUT2D eigenvalue weighted by Gasteiger charge is 2.38. The second-order valence-electron chi connectivity index (χ2n) is 6.79. The van der Waals surface area contributed by atoms with Crippen molar-refractivity contribution in [1.29, 1.82) is 0 Å². The monoisotopic (exact) mass is 422 g/mol. The fraction of sp³-hybridized carbons (Fsp3) is 0.300. The van der Waals surface area contributed by atoms with Crippen molar-refractivity contribution in [1.82, 2.24) is 9.88 Å². The summed E-state index contributed by atoms with van der Waals surface area (Å²) in [5, 5.41) is 6.41. The van der Waals surface area contributed by atoms with E-state index in [-0.39, 0.29) is 11.9 Å². The minimum absolute atomic E-state index is 0.0448. The smallest absolute Gasteiger partial charge is 0.328 e. The molecule has 8 heteroatoms. The number of hydrogen-bond acceptors (Lipinski definition) is 4. The lowest BCUT2D eigenvalue weighted by atomic mass is 10.0. The summed E-state index contributed by atoms with van der Waals surface area (Å²) < 4.78 is 39.2. The maximum absolute atomic E-state index is 13.2. The van der Waals surface area contributed by atoms with Crippen LogP contribution in [-0.2, 0) is 6.18 Å². The molecule has 1 saturated carbocycles. The molecule has 0 bridgehead atoms. The third kappa shape index (κ3) is 3.84. The van der Waals surface area contributed by atoms with Crippen LogP contribution < -0.4 is 0 Å². The number of halogens is 3. The fourth-order valence-corrected chi connectivity index (χ4v) is 4.68. The predicted molar refractivity (Wildman–Crippen MR) is 104 cm³/mol. The maximum atomic E-state index is 13.2. The standard InChI is InChI=1S/C20H17F3N2OS2/c1-12(13-3-2-4-15(9-13)20(21,22)23)25(16-5-6-16)19(26)17-11-28-18(24-17)14-7-8-27-10-14/h2-4,7-12,16H,5-6H2,1H3. The van der Waals surface area contributed by atoms with Crippen LogP contribution in [0.5, 0.6) is 0 Å². The Bertz CT molecular complexity index is 978. The lowest BCUT2D eigenvalue weighted by molar-refractivity contribution is -0.137. The minimum atomic E-state index is -4.41. The Morgan fingerprint density at radius 2 is 2.04 bits per heavy atom. The maximum Gasteiger partial charge on any atom is 0.416 e. The van der Waals surface area contributed by atoms with Crippen LogP contribution in [0.1, 0.15) is 47.4 Å². The summed E-state index contributed by atoms with van der Waals surface area (Å²) in [5.41, 5.74) is 1.09. The highest BCUT2D eigenvalue weighted by molar-refractivity contribution is 7.14. The van der Waals surface area contributed by atoms with Gasteiger partial charge in [-0.2, -0.15) is 24.5 Å². The third-order valence-electron chi connectivity index (χ3n) is 4.78. The summed E-state index contributed by atoms with van der Waals surface area (Å²) in [7, 11) is 0. The number of aromatic nitrogens is 1. The van der Waals surface area contributed by atoms with E-state index in [0.29, 0.717) is 11.3 Å². The average molecular weight is 422 g/mol. The number of alkyl halides is 3. The molecule has 1 aliphatic rings. The van der Waals surface area contributed by atoms with Crippen LogP contribution in [0.3, 0.4) is 0 Å². The molecule has 1 aliphatic carbocycles. The normalized spacial score (nSPS) is 15.4. The van der Waals surface area contributed by atoms with Crippen LogP contribution >= 0.6 is 22.7 Å². The van der Waals surface area contributed by atoms with E-state index in [0.717, 1.165) is 35.5 Å². The number of thiazole rings is 1. The summed E-state index contributed by atoms with van der Waals surface area (Å²) in [6.45, 7) is 1.78. The van der Waals surface area contributed by atoms with E-state index in [4.69, 9.17) is 0 Å². The van der Waals surface area contributed by atoms with Crippen molar-refractivity contribution in [2.75, 3.05) is 0 Å². The van der Waals surface area contributed by atoms with Crippen molar-refractivity contribution in [3.8, 4) is 10.6 Å². The molecule has 0 N–H and O–H groups in total. The fourth-order valence-electron chi connectivity index (χ4n) is 3.17. The summed E-state index contributed by atoms with van der Waals surface area (Å²) in [6, 6.07) is 6.74. The minimum Gasteiger partial charge on any atom is -0.328 e. The molecule has 0 radical (unpaired) electrons. The van der Waals surface area contributed by atoms with Crippen molar-refractivity contribution in [2.45, 2.75) is 38.0 Å². The molecule has 3 aromatic rings. The van der Waals surface area contributed by atoms with E-state index < -0.39 is 17.8 Å². The molecule has 28 heavy (non-hydrogen) atoms. The highest BCUT2D eigenvalue weighted by atomic mass is 32.1. The molecule has 2 heterocycles. The van der Waals surface area contributed by atoms with Gasteiger partial charge in [0.25, 0.3) is 5.91 Å². The lowest BCUT2D eigenvalue weighted by Crippen LogP contribution is -2.35. The van der Waals surface area contributed by atoms with Crippen molar-refractivity contribution < 1.29 is 18.0 Å². The van der Waals surface area contributed by atoms with Gasteiger partial charge in [-0.25, -0.2) is 4.98 Å². The van der Waals surface area contributed by atoms with Gasteiger partial charge in [-0.1, -0.05) is 12.1 Å². The van der Waals surface area contributed by atoms with Gasteiger partial charge in [-0.15, -0.1) is 11.3 Å². The molecular formula is C20H17F3N2OS2. The molecule has 4 rings (SSSR count). The van der Waals surface area contributed by atoms with Gasteiger partial charge in [-0.3, -0.25) is 4.79 Å². The van der Waals surface area contributed by atoms with Gasteiger partial charge in [0.05, 0.1) is 11.6 Å². The van der Waals surface area contributed by atoms with E-state index in [2.05, 4.69) is 4.98 Å². The van der Waals surface area contributed by atoms with Crippen molar-refractivity contribution in [3.05, 3.63) is 63.3 Å². The third-order valence-corrected chi connectivity index (χ3v) is 6.35. The molecule has 1 aromatic carbocycles. The Morgan fingerprint density at radius 3 is 2.68 bits per heavy atom. The van der Waals surface area contributed by atoms with Crippen LogP contribution in [-0.4, -0.2) is 21.8 Å². The molecule has 0 aliphatic heterocycles. The Labute approximate surface area is 168 Å². The number of carbonyl (C=O) groups excluding carboxylic acids is 1. The van der Waals surface area contributed by atoms with Gasteiger partial charge in [0.15, 0.2) is 0 Å². The summed E-state index contributed by atoms with van der Waals surface area (Å²) >= 11 is 2.96. The number of rotatable bonds is 5. The van der Waals surface area contributed by atoms with E-state index >= 15 is 0 Å². The molecule has 146 valence electrons. The number of nitrogens with zero attached hydrogens (tertiary/aromatic N) is 2. The molecule has 3 nitrogen and oxygen atoms in total. The molecule has 0 spiro atoms. The number of carbonyl (C=O) groups is 1. The predicted octanol–water partition coefficient (Wildman–Crippen LogP) is 6.26. The lowest BCUT2D eigenvalue weighted by Gasteiger charge is -2.29. The Morgan fingerprint density at radius 1 is 1.25 bits per heavy atom. The zero-order valence-corrected chi connectivity index (χ0v) is 16.6. The first-order valence-corrected chi connectivity index (χ1v) is 10.6. The van der Waals surface area contributed by atoms with Gasteiger partial charge < -0.3 is 4.90 Å². The van der Waals surface area contributed by atoms with Crippen molar-refractivity contribution in [3.63, 3.8) is 0 Å². The van der Waals surface area contributed by atoms with Gasteiger partial charge >= 0.3 is 6.18 Å². The Hall–Kier alpha value is -2.19. The largest absolute Gasteiger partial charge is 0.416 e. The van der Waals surface area contributed by atoms with Crippen molar-refractivity contribution >= 4 is 28.6 Å². The van der Waals surface area contributed by atoms with E-state index in [1.807, 2.05) is 16.8 Å². The second kappa shape index (κ2) is 7.33. The van der Waals surface area contributed by atoms with Crippen molar-refractivity contribution in [2.24, 2.45) is 0 Å².